The molecule has 0 unspecified atom stereocenters. The second kappa shape index (κ2) is 4.22. The molecule has 0 spiro atoms. The molecule has 0 aromatic carbocycles. The Morgan fingerprint density at radius 2 is 1.65 bits per heavy atom. The fourth-order valence-corrected chi connectivity index (χ4v) is 2.92. The topological polar surface area (TPSA) is 62.7 Å². The molecule has 2 heterocycles. The van der Waals surface area contributed by atoms with Crippen LogP contribution in [0.4, 0.5) is 5.95 Å². The minimum absolute atomic E-state index is 0.131. The van der Waals surface area contributed by atoms with Crippen molar-refractivity contribution in [3.05, 3.63) is 12.7 Å². The molecule has 1 aromatic rings. The fraction of sp³-hybridized carbons (Fsp3) is 0.750. The molecule has 17 heavy (non-hydrogen) atoms. The van der Waals surface area contributed by atoms with E-state index in [0.717, 1.165) is 12.8 Å². The SMILES string of the molecule is CC1(C)CC(Nc2ncncn2)CC(C)(C)N1. The van der Waals surface area contributed by atoms with Gasteiger partial charge in [0.25, 0.3) is 0 Å². The van der Waals surface area contributed by atoms with Gasteiger partial charge in [0.05, 0.1) is 0 Å². The standard InChI is InChI=1S/C12H21N5/c1-11(2)5-9(6-12(3,4)17-11)16-10-14-7-13-8-15-10/h7-9,17H,5-6H2,1-4H3,(H,13,14,15,16). The number of rotatable bonds is 2. The third-order valence-corrected chi connectivity index (χ3v) is 3.02. The van der Waals surface area contributed by atoms with Crippen LogP contribution in [0, 0.1) is 0 Å². The van der Waals surface area contributed by atoms with E-state index in [4.69, 9.17) is 0 Å². The van der Waals surface area contributed by atoms with Crippen LogP contribution in [0.3, 0.4) is 0 Å². The lowest BCUT2D eigenvalue weighted by molar-refractivity contribution is 0.170. The van der Waals surface area contributed by atoms with Crippen molar-refractivity contribution < 1.29 is 0 Å². The van der Waals surface area contributed by atoms with E-state index in [0.29, 0.717) is 12.0 Å². The Bertz CT molecular complexity index is 358. The highest BCUT2D eigenvalue weighted by molar-refractivity contribution is 5.24. The summed E-state index contributed by atoms with van der Waals surface area (Å²) in [6.45, 7) is 8.93. The number of hydrogen-bond acceptors (Lipinski definition) is 5. The molecule has 2 rings (SSSR count). The molecule has 1 aliphatic heterocycles. The molecule has 2 N–H and O–H groups in total. The van der Waals surface area contributed by atoms with Crippen LogP contribution < -0.4 is 10.6 Å². The molecule has 5 heteroatoms. The largest absolute Gasteiger partial charge is 0.351 e. The van der Waals surface area contributed by atoms with Crippen LogP contribution >= 0.6 is 0 Å². The zero-order chi connectivity index (χ0) is 12.5. The third kappa shape index (κ3) is 3.36. The molecule has 1 fully saturated rings. The van der Waals surface area contributed by atoms with Gasteiger partial charge in [-0.25, -0.2) is 15.0 Å². The quantitative estimate of drug-likeness (QED) is 0.815. The number of nitrogens with one attached hydrogen (secondary N) is 2. The summed E-state index contributed by atoms with van der Waals surface area (Å²) in [5.74, 6) is 0.665. The van der Waals surface area contributed by atoms with Gasteiger partial charge in [0.1, 0.15) is 12.7 Å². The summed E-state index contributed by atoms with van der Waals surface area (Å²) in [5.41, 5.74) is 0.263. The Kier molecular flexibility index (Phi) is 3.03. The minimum Gasteiger partial charge on any atom is -0.351 e. The van der Waals surface area contributed by atoms with Crippen LogP contribution in [0.5, 0.6) is 0 Å². The normalized spacial score (nSPS) is 23.3. The number of aromatic nitrogens is 3. The van der Waals surface area contributed by atoms with Gasteiger partial charge in [-0.1, -0.05) is 0 Å². The van der Waals surface area contributed by atoms with Gasteiger partial charge in [-0.2, -0.15) is 0 Å². The van der Waals surface area contributed by atoms with Crippen molar-refractivity contribution in [3.63, 3.8) is 0 Å². The van der Waals surface area contributed by atoms with Gasteiger partial charge in [0, 0.05) is 17.1 Å². The van der Waals surface area contributed by atoms with Crippen molar-refractivity contribution in [2.45, 2.75) is 57.7 Å². The summed E-state index contributed by atoms with van der Waals surface area (Å²) < 4.78 is 0. The summed E-state index contributed by atoms with van der Waals surface area (Å²) in [5, 5.41) is 7.04. The van der Waals surface area contributed by atoms with E-state index in [1.807, 2.05) is 0 Å². The van der Waals surface area contributed by atoms with Crippen LogP contribution in [0.1, 0.15) is 40.5 Å². The molecule has 1 saturated heterocycles. The molecule has 94 valence electrons. The summed E-state index contributed by atoms with van der Waals surface area (Å²) in [7, 11) is 0. The first kappa shape index (κ1) is 12.2. The maximum atomic E-state index is 4.11. The first-order chi connectivity index (χ1) is 7.86. The molecule has 0 radical (unpaired) electrons. The van der Waals surface area contributed by atoms with E-state index in [1.165, 1.54) is 12.7 Å². The highest BCUT2D eigenvalue weighted by Gasteiger charge is 2.37. The molecule has 0 aliphatic carbocycles. The molecule has 0 atom stereocenters. The van der Waals surface area contributed by atoms with Crippen LogP contribution in [-0.4, -0.2) is 32.1 Å². The maximum Gasteiger partial charge on any atom is 0.225 e. The van der Waals surface area contributed by atoms with E-state index in [1.54, 1.807) is 0 Å². The van der Waals surface area contributed by atoms with Crippen LogP contribution in [0.25, 0.3) is 0 Å². The summed E-state index contributed by atoms with van der Waals surface area (Å²) >= 11 is 0. The van der Waals surface area contributed by atoms with Crippen molar-refractivity contribution in [1.82, 2.24) is 20.3 Å². The van der Waals surface area contributed by atoms with Gasteiger partial charge in [-0.3, -0.25) is 0 Å². The Balaban J connectivity index is 2.06. The van der Waals surface area contributed by atoms with Crippen LogP contribution in [0.15, 0.2) is 12.7 Å². The molecule has 0 bridgehead atoms. The maximum absolute atomic E-state index is 4.11. The first-order valence-corrected chi connectivity index (χ1v) is 6.04. The second-order valence-electron chi connectivity index (χ2n) is 6.10. The first-order valence-electron chi connectivity index (χ1n) is 6.04. The monoisotopic (exact) mass is 235 g/mol. The van der Waals surface area contributed by atoms with E-state index in [-0.39, 0.29) is 11.1 Å². The van der Waals surface area contributed by atoms with Crippen molar-refractivity contribution >= 4 is 5.95 Å². The number of nitrogens with zero attached hydrogens (tertiary/aromatic N) is 3. The highest BCUT2D eigenvalue weighted by Crippen LogP contribution is 2.29. The zero-order valence-corrected chi connectivity index (χ0v) is 11.0. The molecular weight excluding hydrogens is 214 g/mol. The predicted octanol–water partition coefficient (Wildman–Crippen LogP) is 1.59. The van der Waals surface area contributed by atoms with Gasteiger partial charge in [-0.05, 0) is 40.5 Å². The predicted molar refractivity (Wildman–Crippen MR) is 67.8 cm³/mol. The average molecular weight is 235 g/mol. The van der Waals surface area contributed by atoms with Crippen molar-refractivity contribution in [1.29, 1.82) is 0 Å². The van der Waals surface area contributed by atoms with E-state index in [2.05, 4.69) is 53.3 Å². The molecular formula is C12H21N5. The lowest BCUT2D eigenvalue weighted by atomic mass is 9.80. The van der Waals surface area contributed by atoms with Crippen LogP contribution in [0.2, 0.25) is 0 Å². The molecule has 0 amide bonds. The second-order valence-corrected chi connectivity index (χ2v) is 6.10. The number of piperidine rings is 1. The smallest absolute Gasteiger partial charge is 0.225 e. The average Bonchev–Trinajstić information content (AvgIpc) is 2.13. The third-order valence-electron chi connectivity index (χ3n) is 3.02. The van der Waals surface area contributed by atoms with Gasteiger partial charge in [-0.15, -0.1) is 0 Å². The summed E-state index contributed by atoms with van der Waals surface area (Å²) in [6.07, 6.45) is 5.16. The van der Waals surface area contributed by atoms with Crippen LogP contribution in [-0.2, 0) is 0 Å². The summed E-state index contributed by atoms with van der Waals surface area (Å²) in [4.78, 5) is 12.1. The molecule has 1 aromatic heterocycles. The molecule has 5 nitrogen and oxygen atoms in total. The minimum atomic E-state index is 0.131. The van der Waals surface area contributed by atoms with Gasteiger partial charge >= 0.3 is 0 Å². The van der Waals surface area contributed by atoms with Crippen molar-refractivity contribution in [2.24, 2.45) is 0 Å². The van der Waals surface area contributed by atoms with Gasteiger partial charge in [0.2, 0.25) is 5.95 Å². The summed E-state index contributed by atoms with van der Waals surface area (Å²) in [6, 6.07) is 0.392. The molecule has 1 aliphatic rings. The van der Waals surface area contributed by atoms with E-state index in [9.17, 15) is 0 Å². The Labute approximate surface area is 102 Å². The number of anilines is 1. The highest BCUT2D eigenvalue weighted by atomic mass is 15.2. The molecule has 0 saturated carbocycles. The zero-order valence-electron chi connectivity index (χ0n) is 11.0. The fourth-order valence-electron chi connectivity index (χ4n) is 2.92. The van der Waals surface area contributed by atoms with E-state index >= 15 is 0 Å². The Morgan fingerprint density at radius 3 is 2.18 bits per heavy atom. The van der Waals surface area contributed by atoms with E-state index < -0.39 is 0 Å². The van der Waals surface area contributed by atoms with Gasteiger partial charge in [0.15, 0.2) is 0 Å². The Hall–Kier alpha value is -1.23. The lowest BCUT2D eigenvalue weighted by Gasteiger charge is -2.46. The van der Waals surface area contributed by atoms with Crippen molar-refractivity contribution in [3.8, 4) is 0 Å². The van der Waals surface area contributed by atoms with Gasteiger partial charge < -0.3 is 10.6 Å². The Morgan fingerprint density at radius 1 is 1.12 bits per heavy atom. The number of hydrogen-bond donors (Lipinski definition) is 2. The van der Waals surface area contributed by atoms with Crippen molar-refractivity contribution in [2.75, 3.05) is 5.32 Å². The lowest BCUT2D eigenvalue weighted by Crippen LogP contribution is -2.60.